The zero-order chi connectivity index (χ0) is 23.9. The molecule has 3 heteroatoms. The first-order valence-corrected chi connectivity index (χ1v) is 11.6. The predicted molar refractivity (Wildman–Crippen MR) is 140 cm³/mol. The minimum Gasteiger partial charge on any atom is -0.481 e. The minimum absolute atomic E-state index is 0.0353. The zero-order valence-electron chi connectivity index (χ0n) is 20.0. The Kier molecular flexibility index (Phi) is 5.49. The molecule has 0 aliphatic rings. The van der Waals surface area contributed by atoms with E-state index in [2.05, 4.69) is 51.1 Å². The fourth-order valence-corrected chi connectivity index (χ4v) is 4.29. The van der Waals surface area contributed by atoms with E-state index in [-0.39, 0.29) is 23.2 Å². The summed E-state index contributed by atoms with van der Waals surface area (Å²) in [5.74, 6) is 0.705. The van der Waals surface area contributed by atoms with Gasteiger partial charge in [0.1, 0.15) is 12.2 Å². The second-order valence-electron chi connectivity index (χ2n) is 9.84. The highest BCUT2D eigenvalue weighted by molar-refractivity contribution is 5.86. The quantitative estimate of drug-likeness (QED) is 0.282. The van der Waals surface area contributed by atoms with Gasteiger partial charge in [0, 0.05) is 5.56 Å². The maximum absolute atomic E-state index is 13.6. The Morgan fingerprint density at radius 1 is 0.824 bits per heavy atom. The fourth-order valence-electron chi connectivity index (χ4n) is 4.29. The lowest BCUT2D eigenvalue weighted by Crippen LogP contribution is -2.11. The summed E-state index contributed by atoms with van der Waals surface area (Å²) in [6.07, 6.45) is 0. The van der Waals surface area contributed by atoms with Crippen LogP contribution in [0.1, 0.15) is 37.5 Å². The standard InChI is InChI=1S/C31H28O3/c1-20-12-17-26-27(18-20)34-29(22-13-15-24(16-14-22)31(2,3)4)30(28(26)32)33-19-23-10-7-9-21-8-5-6-11-25(21)23/h5-18H,19H2,1-4H3. The summed E-state index contributed by atoms with van der Waals surface area (Å²) in [6, 6.07) is 28.1. The highest BCUT2D eigenvalue weighted by Gasteiger charge is 2.20. The van der Waals surface area contributed by atoms with Gasteiger partial charge < -0.3 is 9.15 Å². The summed E-state index contributed by atoms with van der Waals surface area (Å²) in [5.41, 5.74) is 4.54. The highest BCUT2D eigenvalue weighted by atomic mass is 16.5. The molecule has 5 aromatic rings. The second kappa shape index (κ2) is 8.49. The molecule has 0 unspecified atom stereocenters. The van der Waals surface area contributed by atoms with Crippen molar-refractivity contribution in [3.8, 4) is 17.1 Å². The summed E-state index contributed by atoms with van der Waals surface area (Å²) in [6.45, 7) is 8.80. The lowest BCUT2D eigenvalue weighted by Gasteiger charge is -2.19. The Morgan fingerprint density at radius 2 is 1.56 bits per heavy atom. The molecule has 4 aromatic carbocycles. The molecule has 0 spiro atoms. The number of aryl methyl sites for hydroxylation is 1. The number of fused-ring (bicyclic) bond motifs is 2. The van der Waals surface area contributed by atoms with Gasteiger partial charge in [0.25, 0.3) is 0 Å². The SMILES string of the molecule is Cc1ccc2c(=O)c(OCc3cccc4ccccc34)c(-c3ccc(C(C)(C)C)cc3)oc2c1. The molecule has 0 fully saturated rings. The molecule has 0 saturated carbocycles. The topological polar surface area (TPSA) is 39.4 Å². The normalized spacial score (nSPS) is 11.8. The van der Waals surface area contributed by atoms with Gasteiger partial charge in [0.05, 0.1) is 5.39 Å². The number of benzene rings is 4. The van der Waals surface area contributed by atoms with Crippen molar-refractivity contribution in [3.05, 3.63) is 112 Å². The molecule has 3 nitrogen and oxygen atoms in total. The van der Waals surface area contributed by atoms with Crippen LogP contribution >= 0.6 is 0 Å². The molecule has 0 aliphatic heterocycles. The minimum atomic E-state index is -0.156. The molecule has 1 aromatic heterocycles. The second-order valence-corrected chi connectivity index (χ2v) is 9.84. The van der Waals surface area contributed by atoms with Crippen molar-refractivity contribution < 1.29 is 9.15 Å². The lowest BCUT2D eigenvalue weighted by molar-refractivity contribution is 0.299. The van der Waals surface area contributed by atoms with Crippen LogP contribution in [0.5, 0.6) is 5.75 Å². The number of rotatable bonds is 4. The Balaban J connectivity index is 1.63. The molecule has 1 heterocycles. The third-order valence-electron chi connectivity index (χ3n) is 6.27. The van der Waals surface area contributed by atoms with Crippen LogP contribution in [0, 0.1) is 6.92 Å². The van der Waals surface area contributed by atoms with Gasteiger partial charge in [-0.05, 0) is 51.9 Å². The molecular weight excluding hydrogens is 420 g/mol. The van der Waals surface area contributed by atoms with Crippen molar-refractivity contribution in [2.75, 3.05) is 0 Å². The monoisotopic (exact) mass is 448 g/mol. The van der Waals surface area contributed by atoms with Crippen LogP contribution in [0.2, 0.25) is 0 Å². The Labute approximate surface area is 199 Å². The van der Waals surface area contributed by atoms with E-state index in [1.807, 2.05) is 61.5 Å². The van der Waals surface area contributed by atoms with E-state index in [4.69, 9.17) is 9.15 Å². The van der Waals surface area contributed by atoms with Crippen LogP contribution in [-0.4, -0.2) is 0 Å². The lowest BCUT2D eigenvalue weighted by atomic mass is 9.86. The Bertz CT molecular complexity index is 1550. The zero-order valence-corrected chi connectivity index (χ0v) is 20.0. The number of hydrogen-bond donors (Lipinski definition) is 0. The van der Waals surface area contributed by atoms with E-state index in [1.165, 1.54) is 5.56 Å². The molecule has 0 amide bonds. The molecule has 0 saturated heterocycles. The van der Waals surface area contributed by atoms with Crippen molar-refractivity contribution in [3.63, 3.8) is 0 Å². The van der Waals surface area contributed by atoms with Gasteiger partial charge in [-0.3, -0.25) is 4.79 Å². The van der Waals surface area contributed by atoms with Crippen LogP contribution in [0.25, 0.3) is 33.1 Å². The van der Waals surface area contributed by atoms with Gasteiger partial charge in [0.15, 0.2) is 5.76 Å². The average Bonchev–Trinajstić information content (AvgIpc) is 2.82. The third-order valence-corrected chi connectivity index (χ3v) is 6.27. The van der Waals surface area contributed by atoms with Gasteiger partial charge >= 0.3 is 0 Å². The van der Waals surface area contributed by atoms with Crippen molar-refractivity contribution in [1.29, 1.82) is 0 Å². The Hall–Kier alpha value is -3.85. The first kappa shape index (κ1) is 22.0. The van der Waals surface area contributed by atoms with Crippen LogP contribution in [0.4, 0.5) is 0 Å². The van der Waals surface area contributed by atoms with E-state index >= 15 is 0 Å². The molecule has 0 aliphatic carbocycles. The smallest absolute Gasteiger partial charge is 0.235 e. The van der Waals surface area contributed by atoms with Crippen molar-refractivity contribution in [2.45, 2.75) is 39.7 Å². The maximum Gasteiger partial charge on any atom is 0.235 e. The van der Waals surface area contributed by atoms with Crippen molar-refractivity contribution in [1.82, 2.24) is 0 Å². The van der Waals surface area contributed by atoms with Crippen LogP contribution < -0.4 is 10.2 Å². The molecule has 0 radical (unpaired) electrons. The maximum atomic E-state index is 13.6. The van der Waals surface area contributed by atoms with Gasteiger partial charge in [0.2, 0.25) is 11.2 Å². The fraction of sp³-hybridized carbons (Fsp3) is 0.194. The van der Waals surface area contributed by atoms with Crippen LogP contribution in [-0.2, 0) is 12.0 Å². The van der Waals surface area contributed by atoms with Crippen LogP contribution in [0.15, 0.2) is 94.1 Å². The average molecular weight is 449 g/mol. The highest BCUT2D eigenvalue weighted by Crippen LogP contribution is 2.34. The summed E-state index contributed by atoms with van der Waals surface area (Å²) in [4.78, 5) is 13.6. The molecule has 0 N–H and O–H groups in total. The van der Waals surface area contributed by atoms with Gasteiger partial charge in [-0.2, -0.15) is 0 Å². The molecule has 0 bridgehead atoms. The van der Waals surface area contributed by atoms with Crippen molar-refractivity contribution >= 4 is 21.7 Å². The molecule has 34 heavy (non-hydrogen) atoms. The first-order valence-electron chi connectivity index (χ1n) is 11.6. The predicted octanol–water partition coefficient (Wildman–Crippen LogP) is 7.80. The van der Waals surface area contributed by atoms with E-state index in [0.29, 0.717) is 16.7 Å². The summed E-state index contributed by atoms with van der Waals surface area (Å²) < 4.78 is 12.6. The van der Waals surface area contributed by atoms with E-state index in [9.17, 15) is 4.79 Å². The molecule has 0 atom stereocenters. The van der Waals surface area contributed by atoms with E-state index in [0.717, 1.165) is 27.5 Å². The number of ether oxygens (including phenoxy) is 1. The van der Waals surface area contributed by atoms with Crippen LogP contribution in [0.3, 0.4) is 0 Å². The van der Waals surface area contributed by atoms with Gasteiger partial charge in [-0.1, -0.05) is 93.6 Å². The summed E-state index contributed by atoms with van der Waals surface area (Å²) >= 11 is 0. The largest absolute Gasteiger partial charge is 0.481 e. The third kappa shape index (κ3) is 4.10. The van der Waals surface area contributed by atoms with Gasteiger partial charge in [-0.25, -0.2) is 0 Å². The molecule has 170 valence electrons. The summed E-state index contributed by atoms with van der Waals surface area (Å²) in [5, 5.41) is 2.78. The van der Waals surface area contributed by atoms with E-state index < -0.39 is 0 Å². The molecule has 5 rings (SSSR count). The molecular formula is C31H28O3. The Morgan fingerprint density at radius 3 is 2.32 bits per heavy atom. The first-order chi connectivity index (χ1) is 16.3. The van der Waals surface area contributed by atoms with Gasteiger partial charge in [-0.15, -0.1) is 0 Å². The van der Waals surface area contributed by atoms with E-state index in [1.54, 1.807) is 0 Å². The van der Waals surface area contributed by atoms with Crippen molar-refractivity contribution in [2.24, 2.45) is 0 Å². The summed E-state index contributed by atoms with van der Waals surface area (Å²) in [7, 11) is 0. The number of hydrogen-bond acceptors (Lipinski definition) is 3.